The van der Waals surface area contributed by atoms with Gasteiger partial charge in [0.2, 0.25) is 5.91 Å². The monoisotopic (exact) mass is 758 g/mol. The van der Waals surface area contributed by atoms with E-state index in [9.17, 15) is 28.8 Å². The molecule has 16 nitrogen and oxygen atoms in total. The van der Waals surface area contributed by atoms with Gasteiger partial charge in [0.15, 0.2) is 0 Å². The first kappa shape index (κ1) is 35.9. The summed E-state index contributed by atoms with van der Waals surface area (Å²) >= 11 is 3.05. The van der Waals surface area contributed by atoms with Gasteiger partial charge >= 0.3 is 0 Å². The van der Waals surface area contributed by atoms with E-state index < -0.39 is 29.5 Å². The van der Waals surface area contributed by atoms with Gasteiger partial charge in [-0.15, -0.1) is 0 Å². The molecule has 4 heterocycles. The molecule has 0 aliphatic rings. The summed E-state index contributed by atoms with van der Waals surface area (Å²) in [6.07, 6.45) is 4.75. The smallest absolute Gasteiger partial charge is 0.272 e. The highest BCUT2D eigenvalue weighted by atomic mass is 79.9. The first-order chi connectivity index (χ1) is 24.1. The van der Waals surface area contributed by atoms with Crippen LogP contribution in [0.4, 0.5) is 22.7 Å². The Labute approximate surface area is 299 Å². The highest BCUT2D eigenvalue weighted by Crippen LogP contribution is 2.25. The highest BCUT2D eigenvalue weighted by Gasteiger charge is 2.20. The third kappa shape index (κ3) is 8.10. The number of aryl methyl sites for hydroxylation is 4. The summed E-state index contributed by atoms with van der Waals surface area (Å²) in [6, 6.07) is 11.5. The van der Waals surface area contributed by atoms with E-state index in [1.165, 1.54) is 22.8 Å². The third-order valence-corrected chi connectivity index (χ3v) is 8.28. The zero-order valence-electron chi connectivity index (χ0n) is 28.1. The molecule has 0 radical (unpaired) electrons. The summed E-state index contributed by atoms with van der Waals surface area (Å²) in [6.45, 7) is 3.65. The van der Waals surface area contributed by atoms with Crippen LogP contribution in [0.1, 0.15) is 48.4 Å². The molecule has 0 unspecified atom stereocenters. The van der Waals surface area contributed by atoms with E-state index in [1.54, 1.807) is 84.7 Å². The SMILES string of the molecule is C=C(Br)C(=O)Nc1ccc2c(c1)cc(C(=O)Nc1cc(C(=O)Nc3cc(C(=O)Nc4cc(C(=O)NCCC(N)=O)n(C)c4)n(C)c3)n(C)c1)n2C. The van der Waals surface area contributed by atoms with Crippen molar-refractivity contribution in [1.82, 2.24) is 23.6 Å². The third-order valence-electron chi connectivity index (χ3n) is 7.92. The van der Waals surface area contributed by atoms with Crippen LogP contribution in [0.5, 0.6) is 0 Å². The first-order valence-corrected chi connectivity index (χ1v) is 16.2. The molecule has 6 amide bonds. The van der Waals surface area contributed by atoms with Crippen LogP contribution in [-0.4, -0.2) is 60.3 Å². The Balaban J connectivity index is 1.22. The van der Waals surface area contributed by atoms with Crippen LogP contribution in [0.2, 0.25) is 0 Å². The van der Waals surface area contributed by atoms with Crippen LogP contribution in [0.25, 0.3) is 10.9 Å². The Kier molecular flexibility index (Phi) is 10.3. The van der Waals surface area contributed by atoms with Crippen LogP contribution < -0.4 is 32.3 Å². The second-order valence-corrected chi connectivity index (χ2v) is 12.7. The van der Waals surface area contributed by atoms with Crippen molar-refractivity contribution in [2.75, 3.05) is 27.8 Å². The molecule has 0 fully saturated rings. The fourth-order valence-electron chi connectivity index (χ4n) is 5.40. The number of nitrogens with one attached hydrogen (secondary N) is 5. The van der Waals surface area contributed by atoms with Crippen molar-refractivity contribution in [3.63, 3.8) is 0 Å². The van der Waals surface area contributed by atoms with Crippen molar-refractivity contribution in [2.45, 2.75) is 6.42 Å². The second kappa shape index (κ2) is 14.6. The molecule has 4 aromatic heterocycles. The number of anilines is 4. The van der Waals surface area contributed by atoms with Crippen molar-refractivity contribution in [1.29, 1.82) is 0 Å². The molecule has 17 heteroatoms. The van der Waals surface area contributed by atoms with E-state index in [0.29, 0.717) is 28.4 Å². The van der Waals surface area contributed by atoms with Gasteiger partial charge in [0, 0.05) is 76.3 Å². The van der Waals surface area contributed by atoms with E-state index in [-0.39, 0.29) is 40.4 Å². The van der Waals surface area contributed by atoms with E-state index >= 15 is 0 Å². The predicted molar refractivity (Wildman–Crippen MR) is 196 cm³/mol. The summed E-state index contributed by atoms with van der Waals surface area (Å²) in [5.74, 6) is -2.71. The largest absolute Gasteiger partial charge is 0.370 e. The van der Waals surface area contributed by atoms with Gasteiger partial charge in [-0.1, -0.05) is 6.58 Å². The van der Waals surface area contributed by atoms with E-state index in [1.807, 2.05) is 0 Å². The number of amides is 6. The van der Waals surface area contributed by atoms with Gasteiger partial charge in [-0.3, -0.25) is 28.8 Å². The van der Waals surface area contributed by atoms with Crippen LogP contribution in [0.15, 0.2) is 72.1 Å². The van der Waals surface area contributed by atoms with Gasteiger partial charge in [0.1, 0.15) is 22.8 Å². The van der Waals surface area contributed by atoms with Crippen LogP contribution in [-0.2, 0) is 37.8 Å². The van der Waals surface area contributed by atoms with Gasteiger partial charge in [0.25, 0.3) is 29.5 Å². The molecule has 1 aromatic carbocycles. The van der Waals surface area contributed by atoms with E-state index in [4.69, 9.17) is 5.73 Å². The maximum atomic E-state index is 13.3. The maximum Gasteiger partial charge on any atom is 0.272 e. The number of nitrogens with two attached hydrogens (primary N) is 1. The van der Waals surface area contributed by atoms with Crippen molar-refractivity contribution >= 4 is 85.0 Å². The molecule has 0 saturated heterocycles. The number of nitrogens with zero attached hydrogens (tertiary/aromatic N) is 4. The number of benzene rings is 1. The number of halogens is 1. The lowest BCUT2D eigenvalue weighted by atomic mass is 10.2. The quantitative estimate of drug-likeness (QED) is 0.105. The number of hydrogen-bond acceptors (Lipinski definition) is 6. The topological polar surface area (TPSA) is 208 Å². The van der Waals surface area contributed by atoms with Crippen molar-refractivity contribution < 1.29 is 28.8 Å². The Morgan fingerprint density at radius 1 is 0.647 bits per heavy atom. The minimum Gasteiger partial charge on any atom is -0.370 e. The number of aromatic nitrogens is 4. The number of rotatable bonds is 12. The van der Waals surface area contributed by atoms with E-state index in [2.05, 4.69) is 49.1 Å². The molecular weight excluding hydrogens is 724 g/mol. The highest BCUT2D eigenvalue weighted by molar-refractivity contribution is 9.12. The van der Waals surface area contributed by atoms with Crippen molar-refractivity contribution in [3.05, 3.63) is 94.9 Å². The zero-order valence-corrected chi connectivity index (χ0v) is 29.7. The zero-order chi connectivity index (χ0) is 37.1. The number of carbonyl (C=O) groups is 6. The Hall–Kier alpha value is -6.36. The molecule has 264 valence electrons. The normalized spacial score (nSPS) is 10.8. The number of hydrogen-bond donors (Lipinski definition) is 6. The average molecular weight is 760 g/mol. The Bertz CT molecular complexity index is 2260. The molecule has 0 aliphatic heterocycles. The number of carbonyl (C=O) groups excluding carboxylic acids is 6. The van der Waals surface area contributed by atoms with Gasteiger partial charge in [0.05, 0.1) is 21.5 Å². The Morgan fingerprint density at radius 2 is 1.12 bits per heavy atom. The summed E-state index contributed by atoms with van der Waals surface area (Å²) in [7, 11) is 6.70. The minimum absolute atomic E-state index is 0.00117. The molecule has 0 spiro atoms. The molecular formula is C34H35BrN10O6. The summed E-state index contributed by atoms with van der Waals surface area (Å²) in [5, 5.41) is 14.4. The standard InChI is InChI=1S/C34H35BrN10O6/c1-18(35)30(47)38-20-6-7-24-19(10-20)11-28(45(24)5)34(51)41-23-14-27(44(4)17-23)33(50)40-22-13-26(43(3)16-22)32(49)39-21-12-25(42(2)15-21)31(48)37-9-8-29(36)46/h6-7,10-17H,1,8-9H2,2-5H3,(H2,36,46)(H,37,48)(H,38,47)(H,39,49)(H,40,50)(H,41,51). The van der Waals surface area contributed by atoms with Crippen LogP contribution in [0, 0.1) is 0 Å². The van der Waals surface area contributed by atoms with Gasteiger partial charge in [-0.2, -0.15) is 0 Å². The summed E-state index contributed by atoms with van der Waals surface area (Å²) < 4.78 is 6.55. The molecule has 0 saturated carbocycles. The summed E-state index contributed by atoms with van der Waals surface area (Å²) in [4.78, 5) is 75.0. The fourth-order valence-corrected chi connectivity index (χ4v) is 5.49. The molecule has 5 rings (SSSR count). The number of primary amides is 1. The van der Waals surface area contributed by atoms with Crippen LogP contribution >= 0.6 is 15.9 Å². The van der Waals surface area contributed by atoms with Gasteiger partial charge in [-0.05, 0) is 58.4 Å². The summed E-state index contributed by atoms with van der Waals surface area (Å²) in [5.41, 5.74) is 8.65. The lowest BCUT2D eigenvalue weighted by molar-refractivity contribution is -0.118. The van der Waals surface area contributed by atoms with Gasteiger partial charge in [-0.25, -0.2) is 0 Å². The molecule has 0 aliphatic carbocycles. The minimum atomic E-state index is -0.535. The van der Waals surface area contributed by atoms with E-state index in [0.717, 1.165) is 10.9 Å². The number of fused-ring (bicyclic) bond motifs is 1. The Morgan fingerprint density at radius 3 is 1.59 bits per heavy atom. The molecule has 51 heavy (non-hydrogen) atoms. The van der Waals surface area contributed by atoms with Crippen molar-refractivity contribution in [3.8, 4) is 0 Å². The van der Waals surface area contributed by atoms with Crippen LogP contribution in [0.3, 0.4) is 0 Å². The predicted octanol–water partition coefficient (Wildman–Crippen LogP) is 3.40. The molecule has 0 bridgehead atoms. The lowest BCUT2D eigenvalue weighted by Gasteiger charge is -2.06. The molecule has 7 N–H and O–H groups in total. The average Bonchev–Trinajstić information content (AvgIpc) is 3.80. The second-order valence-electron chi connectivity index (χ2n) is 11.7. The first-order valence-electron chi connectivity index (χ1n) is 15.4. The van der Waals surface area contributed by atoms with Gasteiger partial charge < -0.3 is 50.6 Å². The molecule has 5 aromatic rings. The van der Waals surface area contributed by atoms with Crippen molar-refractivity contribution in [2.24, 2.45) is 33.9 Å². The molecule has 0 atom stereocenters. The fraction of sp³-hybridized carbons (Fsp3) is 0.176. The maximum absolute atomic E-state index is 13.3. The lowest BCUT2D eigenvalue weighted by Crippen LogP contribution is -2.29.